The van der Waals surface area contributed by atoms with E-state index in [1.54, 1.807) is 6.08 Å². The Balaban J connectivity index is 3.51. The number of nitrogens with zero attached hydrogens (tertiary/aromatic N) is 3. The number of nitriles is 3. The molecule has 1 rings (SSSR count). The summed E-state index contributed by atoms with van der Waals surface area (Å²) in [5.41, 5.74) is 1.70. The molecule has 0 aliphatic carbocycles. The normalized spacial score (nSPS) is 8.33. The summed E-state index contributed by atoms with van der Waals surface area (Å²) in [5.74, 6) is 0. The summed E-state index contributed by atoms with van der Waals surface area (Å²) in [7, 11) is 0. The first-order chi connectivity index (χ1) is 7.26. The van der Waals surface area contributed by atoms with Crippen molar-refractivity contribution in [3.05, 3.63) is 47.0 Å². The van der Waals surface area contributed by atoms with Gasteiger partial charge in [-0.15, -0.1) is 6.58 Å². The number of benzene rings is 1. The van der Waals surface area contributed by atoms with Crippen molar-refractivity contribution in [3.63, 3.8) is 0 Å². The van der Waals surface area contributed by atoms with Gasteiger partial charge in [-0.2, -0.15) is 15.8 Å². The second-order valence-corrected chi connectivity index (χ2v) is 2.88. The predicted molar refractivity (Wildman–Crippen MR) is 54.5 cm³/mol. The van der Waals surface area contributed by atoms with E-state index in [4.69, 9.17) is 15.8 Å². The summed E-state index contributed by atoms with van der Waals surface area (Å²) in [6, 6.07) is 8.85. The summed E-state index contributed by atoms with van der Waals surface area (Å²) in [6.07, 6.45) is 2.08. The largest absolute Gasteiger partial charge is 0.192 e. The average Bonchev–Trinajstić information content (AvgIpc) is 2.29. The third-order valence-corrected chi connectivity index (χ3v) is 1.97. The summed E-state index contributed by atoms with van der Waals surface area (Å²) >= 11 is 0. The molecule has 3 nitrogen and oxygen atoms in total. The zero-order chi connectivity index (χ0) is 11.3. The molecule has 15 heavy (non-hydrogen) atoms. The first kappa shape index (κ1) is 10.5. The van der Waals surface area contributed by atoms with E-state index in [1.165, 1.54) is 12.1 Å². The quantitative estimate of drug-likeness (QED) is 0.674. The van der Waals surface area contributed by atoms with Crippen LogP contribution in [0.1, 0.15) is 22.3 Å². The highest BCUT2D eigenvalue weighted by Crippen LogP contribution is 2.17. The second-order valence-electron chi connectivity index (χ2n) is 2.88. The minimum absolute atomic E-state index is 0.330. The molecule has 0 atom stereocenters. The van der Waals surface area contributed by atoms with Gasteiger partial charge in [0.1, 0.15) is 0 Å². The van der Waals surface area contributed by atoms with E-state index in [0.717, 1.165) is 0 Å². The Labute approximate surface area is 88.1 Å². The molecule has 1 aromatic rings. The van der Waals surface area contributed by atoms with Crippen LogP contribution in [0.3, 0.4) is 0 Å². The van der Waals surface area contributed by atoms with Crippen LogP contribution < -0.4 is 0 Å². The Morgan fingerprint density at radius 1 is 1.07 bits per heavy atom. The van der Waals surface area contributed by atoms with Crippen molar-refractivity contribution in [2.45, 2.75) is 6.42 Å². The molecule has 0 aliphatic heterocycles. The van der Waals surface area contributed by atoms with Crippen LogP contribution in [0, 0.1) is 34.0 Å². The lowest BCUT2D eigenvalue weighted by Crippen LogP contribution is -1.95. The first-order valence-electron chi connectivity index (χ1n) is 4.25. The third-order valence-electron chi connectivity index (χ3n) is 1.97. The molecule has 0 fully saturated rings. The van der Waals surface area contributed by atoms with Crippen LogP contribution in [0.2, 0.25) is 0 Å². The van der Waals surface area contributed by atoms with Gasteiger partial charge in [-0.05, 0) is 24.1 Å². The maximum Gasteiger partial charge on any atom is 0.0995 e. The molecule has 70 valence electrons. The summed E-state index contributed by atoms with van der Waals surface area (Å²) in [5, 5.41) is 26.5. The van der Waals surface area contributed by atoms with Gasteiger partial charge in [-0.25, -0.2) is 0 Å². The number of hydrogen-bond donors (Lipinski definition) is 0. The molecule has 0 aliphatic rings. The topological polar surface area (TPSA) is 71.4 Å². The lowest BCUT2D eigenvalue weighted by molar-refractivity contribution is 1.22. The molecular weight excluding hydrogens is 186 g/mol. The van der Waals surface area contributed by atoms with Gasteiger partial charge in [0.15, 0.2) is 0 Å². The van der Waals surface area contributed by atoms with Gasteiger partial charge in [0.05, 0.1) is 34.9 Å². The fraction of sp³-hybridized carbons (Fsp3) is 0.0833. The van der Waals surface area contributed by atoms with Crippen molar-refractivity contribution >= 4 is 0 Å². The molecule has 0 radical (unpaired) electrons. The van der Waals surface area contributed by atoms with Gasteiger partial charge in [-0.1, -0.05) is 6.08 Å². The minimum Gasteiger partial charge on any atom is -0.192 e. The maximum absolute atomic E-state index is 8.88. The van der Waals surface area contributed by atoms with Crippen molar-refractivity contribution in [2.75, 3.05) is 0 Å². The van der Waals surface area contributed by atoms with Crippen LogP contribution >= 0.6 is 0 Å². The zero-order valence-electron chi connectivity index (χ0n) is 7.99. The first-order valence-corrected chi connectivity index (χ1v) is 4.25. The standard InChI is InChI=1S/C12H7N3/c1-2-3-12-10(7-14)4-9(6-13)5-11(12)8-15/h2,4-5H,1,3H2. The van der Waals surface area contributed by atoms with E-state index in [9.17, 15) is 0 Å². The Morgan fingerprint density at radius 2 is 1.60 bits per heavy atom. The predicted octanol–water partition coefficient (Wildman–Crippen LogP) is 2.03. The maximum atomic E-state index is 8.88. The van der Waals surface area contributed by atoms with E-state index < -0.39 is 0 Å². The fourth-order valence-electron chi connectivity index (χ4n) is 1.30. The molecule has 0 spiro atoms. The third kappa shape index (κ3) is 2.02. The molecule has 0 aromatic heterocycles. The summed E-state index contributed by atoms with van der Waals surface area (Å²) < 4.78 is 0. The monoisotopic (exact) mass is 193 g/mol. The molecule has 0 heterocycles. The highest BCUT2D eigenvalue weighted by atomic mass is 14.3. The lowest BCUT2D eigenvalue weighted by atomic mass is 9.97. The Hall–Kier alpha value is -2.57. The molecular formula is C12H7N3. The smallest absolute Gasteiger partial charge is 0.0995 e. The van der Waals surface area contributed by atoms with E-state index in [-0.39, 0.29) is 0 Å². The van der Waals surface area contributed by atoms with E-state index in [2.05, 4.69) is 6.58 Å². The van der Waals surface area contributed by atoms with Gasteiger partial charge >= 0.3 is 0 Å². The Morgan fingerprint density at radius 3 is 1.93 bits per heavy atom. The Bertz CT molecular complexity index is 486. The molecule has 3 heteroatoms. The number of hydrogen-bond acceptors (Lipinski definition) is 3. The highest BCUT2D eigenvalue weighted by molar-refractivity contribution is 5.54. The lowest BCUT2D eigenvalue weighted by Gasteiger charge is -2.03. The van der Waals surface area contributed by atoms with Crippen LogP contribution in [-0.4, -0.2) is 0 Å². The van der Waals surface area contributed by atoms with E-state index in [1.807, 2.05) is 18.2 Å². The van der Waals surface area contributed by atoms with Crippen molar-refractivity contribution in [3.8, 4) is 18.2 Å². The van der Waals surface area contributed by atoms with Gasteiger partial charge in [0.25, 0.3) is 0 Å². The van der Waals surface area contributed by atoms with Crippen molar-refractivity contribution in [2.24, 2.45) is 0 Å². The van der Waals surface area contributed by atoms with Crippen LogP contribution in [0.5, 0.6) is 0 Å². The molecule has 0 saturated heterocycles. The fourth-order valence-corrected chi connectivity index (χ4v) is 1.30. The molecule has 0 saturated carbocycles. The summed E-state index contributed by atoms with van der Waals surface area (Å²) in [4.78, 5) is 0. The van der Waals surface area contributed by atoms with Gasteiger partial charge < -0.3 is 0 Å². The van der Waals surface area contributed by atoms with Crippen molar-refractivity contribution < 1.29 is 0 Å². The van der Waals surface area contributed by atoms with Crippen LogP contribution in [0.25, 0.3) is 0 Å². The number of rotatable bonds is 2. The number of allylic oxidation sites excluding steroid dienone is 1. The van der Waals surface area contributed by atoms with Gasteiger partial charge in [0.2, 0.25) is 0 Å². The van der Waals surface area contributed by atoms with E-state index in [0.29, 0.717) is 28.7 Å². The SMILES string of the molecule is C=CCc1c(C#N)cc(C#N)cc1C#N. The van der Waals surface area contributed by atoms with Gasteiger partial charge in [-0.3, -0.25) is 0 Å². The molecule has 0 amide bonds. The highest BCUT2D eigenvalue weighted by Gasteiger charge is 2.09. The minimum atomic E-state index is 0.330. The molecule has 1 aromatic carbocycles. The second kappa shape index (κ2) is 4.61. The Kier molecular flexibility index (Phi) is 3.23. The molecule has 0 N–H and O–H groups in total. The molecule has 0 bridgehead atoms. The summed E-state index contributed by atoms with van der Waals surface area (Å²) in [6.45, 7) is 3.57. The molecule has 0 unspecified atom stereocenters. The van der Waals surface area contributed by atoms with Crippen molar-refractivity contribution in [1.29, 1.82) is 15.8 Å². The van der Waals surface area contributed by atoms with E-state index >= 15 is 0 Å². The van der Waals surface area contributed by atoms with Crippen molar-refractivity contribution in [1.82, 2.24) is 0 Å². The van der Waals surface area contributed by atoms with Crippen LogP contribution in [0.15, 0.2) is 24.8 Å². The van der Waals surface area contributed by atoms with Gasteiger partial charge in [0, 0.05) is 0 Å². The zero-order valence-corrected chi connectivity index (χ0v) is 7.99. The van der Waals surface area contributed by atoms with Crippen LogP contribution in [-0.2, 0) is 6.42 Å². The van der Waals surface area contributed by atoms with Crippen LogP contribution in [0.4, 0.5) is 0 Å². The average molecular weight is 193 g/mol.